The summed E-state index contributed by atoms with van der Waals surface area (Å²) in [4.78, 5) is 0. The average Bonchev–Trinajstić information content (AvgIpc) is 1.97. The number of hydrogen-bond donors (Lipinski definition) is 1. The molecule has 0 amide bonds. The van der Waals surface area contributed by atoms with Crippen LogP contribution in [-0.4, -0.2) is 13.6 Å². The van der Waals surface area contributed by atoms with E-state index in [2.05, 4.69) is 31.3 Å². The molecule has 0 spiro atoms. The fraction of sp³-hybridized carbons (Fsp3) is 0.778. The molecule has 60 valence electrons. The van der Waals surface area contributed by atoms with E-state index in [4.69, 9.17) is 0 Å². The minimum atomic E-state index is 0.823. The second-order valence-corrected chi connectivity index (χ2v) is 2.80. The summed E-state index contributed by atoms with van der Waals surface area (Å²) in [5.74, 6) is 0.823. The first-order valence-corrected chi connectivity index (χ1v) is 4.07. The van der Waals surface area contributed by atoms with E-state index in [1.165, 1.54) is 12.8 Å². The molecule has 1 unspecified atom stereocenters. The van der Waals surface area contributed by atoms with E-state index in [-0.39, 0.29) is 0 Å². The van der Waals surface area contributed by atoms with E-state index in [9.17, 15) is 0 Å². The van der Waals surface area contributed by atoms with E-state index < -0.39 is 0 Å². The largest absolute Gasteiger partial charge is 0.320 e. The van der Waals surface area contributed by atoms with Gasteiger partial charge in [0.2, 0.25) is 0 Å². The first-order valence-electron chi connectivity index (χ1n) is 4.07. The molecule has 0 aliphatic rings. The lowest BCUT2D eigenvalue weighted by Crippen LogP contribution is -2.10. The Hall–Kier alpha value is -0.300. The highest BCUT2D eigenvalue weighted by Crippen LogP contribution is 2.06. The molecular formula is C9H19N. The number of hydrogen-bond acceptors (Lipinski definition) is 1. The molecule has 0 radical (unpaired) electrons. The first kappa shape index (κ1) is 9.70. The minimum Gasteiger partial charge on any atom is -0.320 e. The van der Waals surface area contributed by atoms with Crippen molar-refractivity contribution >= 4 is 0 Å². The van der Waals surface area contributed by atoms with Crippen molar-refractivity contribution in [1.29, 1.82) is 0 Å². The van der Waals surface area contributed by atoms with Crippen LogP contribution >= 0.6 is 0 Å². The van der Waals surface area contributed by atoms with Gasteiger partial charge in [-0.15, -0.1) is 0 Å². The zero-order valence-corrected chi connectivity index (χ0v) is 7.35. The van der Waals surface area contributed by atoms with Gasteiger partial charge in [-0.25, -0.2) is 0 Å². The van der Waals surface area contributed by atoms with Crippen LogP contribution in [0.4, 0.5) is 0 Å². The van der Waals surface area contributed by atoms with E-state index >= 15 is 0 Å². The Kier molecular flexibility index (Phi) is 6.61. The van der Waals surface area contributed by atoms with Crippen LogP contribution in [0.15, 0.2) is 12.2 Å². The van der Waals surface area contributed by atoms with Crippen LogP contribution in [0.1, 0.15) is 26.7 Å². The van der Waals surface area contributed by atoms with Crippen molar-refractivity contribution in [3.8, 4) is 0 Å². The van der Waals surface area contributed by atoms with Gasteiger partial charge in [0.15, 0.2) is 0 Å². The number of rotatable bonds is 5. The van der Waals surface area contributed by atoms with Crippen molar-refractivity contribution < 1.29 is 0 Å². The monoisotopic (exact) mass is 141 g/mol. The summed E-state index contributed by atoms with van der Waals surface area (Å²) in [7, 11) is 2.00. The van der Waals surface area contributed by atoms with Gasteiger partial charge in [-0.05, 0) is 39.3 Å². The SMILES string of the molecule is C/C=C\CC(C)CCNC. The van der Waals surface area contributed by atoms with Gasteiger partial charge in [0, 0.05) is 0 Å². The van der Waals surface area contributed by atoms with Gasteiger partial charge >= 0.3 is 0 Å². The zero-order chi connectivity index (χ0) is 7.82. The summed E-state index contributed by atoms with van der Waals surface area (Å²) < 4.78 is 0. The molecule has 1 N–H and O–H groups in total. The van der Waals surface area contributed by atoms with Crippen LogP contribution in [0.2, 0.25) is 0 Å². The normalized spacial score (nSPS) is 14.3. The predicted molar refractivity (Wildman–Crippen MR) is 47.1 cm³/mol. The maximum absolute atomic E-state index is 3.15. The van der Waals surface area contributed by atoms with E-state index in [1.54, 1.807) is 0 Å². The van der Waals surface area contributed by atoms with Gasteiger partial charge in [-0.3, -0.25) is 0 Å². The number of allylic oxidation sites excluding steroid dienone is 2. The van der Waals surface area contributed by atoms with Crippen molar-refractivity contribution in [1.82, 2.24) is 5.32 Å². The van der Waals surface area contributed by atoms with Crippen LogP contribution < -0.4 is 5.32 Å². The van der Waals surface area contributed by atoms with Gasteiger partial charge in [-0.2, -0.15) is 0 Å². The molecule has 0 bridgehead atoms. The topological polar surface area (TPSA) is 12.0 Å². The third-order valence-corrected chi connectivity index (χ3v) is 1.66. The molecule has 1 atom stereocenters. The molecular weight excluding hydrogens is 122 g/mol. The Morgan fingerprint density at radius 2 is 2.20 bits per heavy atom. The van der Waals surface area contributed by atoms with Gasteiger partial charge < -0.3 is 5.32 Å². The maximum atomic E-state index is 3.15. The van der Waals surface area contributed by atoms with Gasteiger partial charge in [0.05, 0.1) is 0 Å². The molecule has 0 aliphatic heterocycles. The molecule has 0 aromatic rings. The van der Waals surface area contributed by atoms with E-state index in [1.807, 2.05) is 7.05 Å². The third-order valence-electron chi connectivity index (χ3n) is 1.66. The lowest BCUT2D eigenvalue weighted by atomic mass is 10.0. The highest BCUT2D eigenvalue weighted by atomic mass is 14.8. The van der Waals surface area contributed by atoms with Crippen molar-refractivity contribution in [3.63, 3.8) is 0 Å². The molecule has 0 aromatic heterocycles. The molecule has 0 saturated heterocycles. The Morgan fingerprint density at radius 3 is 2.70 bits per heavy atom. The highest BCUT2D eigenvalue weighted by Gasteiger charge is 1.96. The van der Waals surface area contributed by atoms with Gasteiger partial charge in [0.25, 0.3) is 0 Å². The van der Waals surface area contributed by atoms with E-state index in [0.29, 0.717) is 0 Å². The summed E-state index contributed by atoms with van der Waals surface area (Å²) >= 11 is 0. The standard InChI is InChI=1S/C9H19N/c1-4-5-6-9(2)7-8-10-3/h4-5,9-10H,6-8H2,1-3H3/b5-4-. The third kappa shape index (κ3) is 5.83. The molecule has 0 rings (SSSR count). The fourth-order valence-corrected chi connectivity index (χ4v) is 0.877. The molecule has 1 nitrogen and oxygen atoms in total. The Bertz CT molecular complexity index is 86.7. The van der Waals surface area contributed by atoms with Crippen LogP contribution in [0, 0.1) is 5.92 Å². The van der Waals surface area contributed by atoms with Crippen LogP contribution in [0.25, 0.3) is 0 Å². The minimum absolute atomic E-state index is 0.823. The first-order chi connectivity index (χ1) is 4.81. The highest BCUT2D eigenvalue weighted by molar-refractivity contribution is 4.78. The fourth-order valence-electron chi connectivity index (χ4n) is 0.877. The molecule has 0 aromatic carbocycles. The molecule has 0 aliphatic carbocycles. The summed E-state index contributed by atoms with van der Waals surface area (Å²) in [5.41, 5.74) is 0. The Labute approximate surface area is 64.5 Å². The Balaban J connectivity index is 3.16. The predicted octanol–water partition coefficient (Wildman–Crippen LogP) is 2.20. The average molecular weight is 141 g/mol. The van der Waals surface area contributed by atoms with Crippen molar-refractivity contribution in [2.24, 2.45) is 5.92 Å². The van der Waals surface area contributed by atoms with Gasteiger partial charge in [0.1, 0.15) is 0 Å². The Morgan fingerprint density at radius 1 is 1.50 bits per heavy atom. The van der Waals surface area contributed by atoms with Crippen LogP contribution in [0.5, 0.6) is 0 Å². The summed E-state index contributed by atoms with van der Waals surface area (Å²) in [5, 5.41) is 3.15. The quantitative estimate of drug-likeness (QED) is 0.579. The molecule has 0 saturated carbocycles. The maximum Gasteiger partial charge on any atom is -0.00493 e. The van der Waals surface area contributed by atoms with Gasteiger partial charge in [-0.1, -0.05) is 19.1 Å². The summed E-state index contributed by atoms with van der Waals surface area (Å²) in [6, 6.07) is 0. The van der Waals surface area contributed by atoms with Crippen molar-refractivity contribution in [2.75, 3.05) is 13.6 Å². The lowest BCUT2D eigenvalue weighted by molar-refractivity contribution is 0.523. The smallest absolute Gasteiger partial charge is 0.00493 e. The molecule has 10 heavy (non-hydrogen) atoms. The lowest BCUT2D eigenvalue weighted by Gasteiger charge is -2.06. The number of nitrogens with one attached hydrogen (secondary N) is 1. The zero-order valence-electron chi connectivity index (χ0n) is 7.35. The second kappa shape index (κ2) is 6.81. The van der Waals surface area contributed by atoms with Crippen molar-refractivity contribution in [3.05, 3.63) is 12.2 Å². The molecule has 0 fully saturated rings. The van der Waals surface area contributed by atoms with Crippen LogP contribution in [-0.2, 0) is 0 Å². The molecule has 0 heterocycles. The summed E-state index contributed by atoms with van der Waals surface area (Å²) in [6.45, 7) is 5.50. The van der Waals surface area contributed by atoms with E-state index in [0.717, 1.165) is 12.5 Å². The van der Waals surface area contributed by atoms with Crippen LogP contribution in [0.3, 0.4) is 0 Å². The van der Waals surface area contributed by atoms with Crippen molar-refractivity contribution in [2.45, 2.75) is 26.7 Å². The second-order valence-electron chi connectivity index (χ2n) is 2.80. The summed E-state index contributed by atoms with van der Waals surface area (Å²) in [6.07, 6.45) is 6.86. The molecule has 1 heteroatoms.